The van der Waals surface area contributed by atoms with E-state index in [1.807, 2.05) is 0 Å². The first-order valence-corrected chi connectivity index (χ1v) is 7.86. The number of hydrogen-bond acceptors (Lipinski definition) is 5. The molecule has 1 N–H and O–H groups in total. The Labute approximate surface area is 124 Å². The summed E-state index contributed by atoms with van der Waals surface area (Å²) >= 11 is 0. The molecule has 0 heterocycles. The van der Waals surface area contributed by atoms with E-state index in [4.69, 9.17) is 18.9 Å². The summed E-state index contributed by atoms with van der Waals surface area (Å²) in [6, 6.07) is 0. The van der Waals surface area contributed by atoms with E-state index in [0.29, 0.717) is 39.6 Å². The number of hydrogen-bond donors (Lipinski definition) is 1. The first-order chi connectivity index (χ1) is 9.81. The first-order valence-electron chi connectivity index (χ1n) is 7.86. The molecule has 0 fully saturated rings. The monoisotopic (exact) mass is 291 g/mol. The van der Waals surface area contributed by atoms with Crippen LogP contribution < -0.4 is 5.32 Å². The van der Waals surface area contributed by atoms with Gasteiger partial charge in [0.2, 0.25) is 0 Å². The molecule has 0 saturated heterocycles. The highest BCUT2D eigenvalue weighted by Crippen LogP contribution is 1.90. The van der Waals surface area contributed by atoms with Gasteiger partial charge in [-0.2, -0.15) is 0 Å². The van der Waals surface area contributed by atoms with Crippen LogP contribution in [0, 0.1) is 0 Å². The third-order valence-corrected chi connectivity index (χ3v) is 2.70. The molecule has 0 radical (unpaired) electrons. The van der Waals surface area contributed by atoms with Crippen molar-refractivity contribution in [1.82, 2.24) is 5.32 Å². The molecule has 20 heavy (non-hydrogen) atoms. The van der Waals surface area contributed by atoms with Gasteiger partial charge in [0.25, 0.3) is 0 Å². The molecule has 1 atom stereocenters. The van der Waals surface area contributed by atoms with Crippen molar-refractivity contribution in [3.05, 3.63) is 0 Å². The van der Waals surface area contributed by atoms with E-state index in [1.165, 1.54) is 6.42 Å². The molecule has 1 unspecified atom stereocenters. The number of unbranched alkanes of at least 4 members (excludes halogenated alkanes) is 1. The maximum atomic E-state index is 5.58. The van der Waals surface area contributed by atoms with Gasteiger partial charge in [0.15, 0.2) is 0 Å². The van der Waals surface area contributed by atoms with Gasteiger partial charge in [-0.15, -0.1) is 0 Å². The van der Waals surface area contributed by atoms with Gasteiger partial charge in [0.1, 0.15) is 0 Å². The first kappa shape index (κ1) is 19.8. The van der Waals surface area contributed by atoms with Crippen LogP contribution in [0.5, 0.6) is 0 Å². The minimum Gasteiger partial charge on any atom is -0.379 e. The van der Waals surface area contributed by atoms with Crippen molar-refractivity contribution in [2.24, 2.45) is 0 Å². The van der Waals surface area contributed by atoms with Crippen LogP contribution >= 0.6 is 0 Å². The highest BCUT2D eigenvalue weighted by Gasteiger charge is 2.00. The maximum absolute atomic E-state index is 5.58. The van der Waals surface area contributed by atoms with Crippen molar-refractivity contribution in [1.29, 1.82) is 0 Å². The molecule has 5 nitrogen and oxygen atoms in total. The van der Waals surface area contributed by atoms with Gasteiger partial charge < -0.3 is 24.3 Å². The van der Waals surface area contributed by atoms with Gasteiger partial charge in [-0.3, -0.25) is 0 Å². The average molecular weight is 291 g/mol. The summed E-state index contributed by atoms with van der Waals surface area (Å²) in [4.78, 5) is 0. The molecule has 0 aromatic heterocycles. The standard InChI is InChI=1S/C15H33NO4/c1-4-6-7-17-8-9-18-10-11-19-12-13-20-15(3)14-16-5-2/h15-16H,4-14H2,1-3H3. The normalized spacial score (nSPS) is 12.8. The van der Waals surface area contributed by atoms with Crippen molar-refractivity contribution >= 4 is 0 Å². The zero-order chi connectivity index (χ0) is 14.9. The second-order valence-electron chi connectivity index (χ2n) is 4.68. The Kier molecular flexibility index (Phi) is 16.7. The zero-order valence-electron chi connectivity index (χ0n) is 13.5. The van der Waals surface area contributed by atoms with Gasteiger partial charge in [0.05, 0.1) is 45.7 Å². The fourth-order valence-electron chi connectivity index (χ4n) is 1.50. The largest absolute Gasteiger partial charge is 0.379 e. The minimum absolute atomic E-state index is 0.232. The zero-order valence-corrected chi connectivity index (χ0v) is 13.5. The molecule has 0 bridgehead atoms. The van der Waals surface area contributed by atoms with Crippen LogP contribution in [-0.4, -0.2) is 65.4 Å². The predicted octanol–water partition coefficient (Wildman–Crippen LogP) is 1.85. The van der Waals surface area contributed by atoms with Gasteiger partial charge >= 0.3 is 0 Å². The second-order valence-corrected chi connectivity index (χ2v) is 4.68. The highest BCUT2D eigenvalue weighted by atomic mass is 16.6. The third-order valence-electron chi connectivity index (χ3n) is 2.70. The summed E-state index contributed by atoms with van der Waals surface area (Å²) in [5.41, 5.74) is 0. The highest BCUT2D eigenvalue weighted by molar-refractivity contribution is 4.53. The van der Waals surface area contributed by atoms with Crippen molar-refractivity contribution in [2.75, 3.05) is 59.3 Å². The van der Waals surface area contributed by atoms with E-state index < -0.39 is 0 Å². The Hall–Kier alpha value is -0.200. The van der Waals surface area contributed by atoms with E-state index in [-0.39, 0.29) is 6.10 Å². The number of likely N-dealkylation sites (N-methyl/N-ethyl adjacent to an activating group) is 1. The average Bonchev–Trinajstić information content (AvgIpc) is 2.46. The van der Waals surface area contributed by atoms with E-state index in [0.717, 1.165) is 26.1 Å². The Bertz CT molecular complexity index is 181. The van der Waals surface area contributed by atoms with Crippen LogP contribution in [0.3, 0.4) is 0 Å². The van der Waals surface area contributed by atoms with Crippen LogP contribution in [-0.2, 0) is 18.9 Å². The molecule has 0 amide bonds. The molecular weight excluding hydrogens is 258 g/mol. The number of ether oxygens (including phenoxy) is 4. The lowest BCUT2D eigenvalue weighted by Gasteiger charge is -2.13. The molecule has 0 aromatic rings. The smallest absolute Gasteiger partial charge is 0.0704 e. The van der Waals surface area contributed by atoms with Gasteiger partial charge in [-0.05, 0) is 19.9 Å². The molecule has 0 rings (SSSR count). The summed E-state index contributed by atoms with van der Waals surface area (Å²) in [5.74, 6) is 0. The summed E-state index contributed by atoms with van der Waals surface area (Å²) in [5, 5.41) is 3.24. The van der Waals surface area contributed by atoms with Crippen molar-refractivity contribution in [2.45, 2.75) is 39.7 Å². The van der Waals surface area contributed by atoms with Crippen molar-refractivity contribution in [3.8, 4) is 0 Å². The molecule has 5 heteroatoms. The lowest BCUT2D eigenvalue weighted by atomic mass is 10.4. The van der Waals surface area contributed by atoms with Crippen LogP contribution in [0.2, 0.25) is 0 Å². The molecule has 0 aliphatic heterocycles. The van der Waals surface area contributed by atoms with E-state index in [1.54, 1.807) is 0 Å². The Morgan fingerprint density at radius 1 is 0.800 bits per heavy atom. The van der Waals surface area contributed by atoms with Crippen LogP contribution in [0.15, 0.2) is 0 Å². The maximum Gasteiger partial charge on any atom is 0.0704 e. The van der Waals surface area contributed by atoms with E-state index in [9.17, 15) is 0 Å². The SMILES string of the molecule is CCCCOCCOCCOCCOC(C)CNCC. The molecular formula is C15H33NO4. The van der Waals surface area contributed by atoms with Gasteiger partial charge in [-0.25, -0.2) is 0 Å². The number of nitrogens with one attached hydrogen (secondary N) is 1. The minimum atomic E-state index is 0.232. The van der Waals surface area contributed by atoms with Gasteiger partial charge in [0, 0.05) is 13.2 Å². The van der Waals surface area contributed by atoms with Crippen molar-refractivity contribution < 1.29 is 18.9 Å². The molecule has 0 saturated carbocycles. The lowest BCUT2D eigenvalue weighted by molar-refractivity contribution is -0.0146. The summed E-state index contributed by atoms with van der Waals surface area (Å²) in [6.45, 7) is 12.8. The Morgan fingerprint density at radius 2 is 1.35 bits per heavy atom. The third kappa shape index (κ3) is 15.9. The number of rotatable bonds is 16. The van der Waals surface area contributed by atoms with Gasteiger partial charge in [-0.1, -0.05) is 20.3 Å². The van der Waals surface area contributed by atoms with Crippen LogP contribution in [0.1, 0.15) is 33.6 Å². The quantitative estimate of drug-likeness (QED) is 0.440. The van der Waals surface area contributed by atoms with E-state index >= 15 is 0 Å². The topological polar surface area (TPSA) is 49.0 Å². The fraction of sp³-hybridized carbons (Fsp3) is 1.00. The summed E-state index contributed by atoms with van der Waals surface area (Å²) in [6.07, 6.45) is 2.52. The lowest BCUT2D eigenvalue weighted by Crippen LogP contribution is -2.27. The predicted molar refractivity (Wildman–Crippen MR) is 81.3 cm³/mol. The summed E-state index contributed by atoms with van der Waals surface area (Å²) < 4.78 is 21.8. The Morgan fingerprint density at radius 3 is 1.90 bits per heavy atom. The molecule has 122 valence electrons. The fourth-order valence-corrected chi connectivity index (χ4v) is 1.50. The second kappa shape index (κ2) is 16.9. The van der Waals surface area contributed by atoms with Crippen LogP contribution in [0.25, 0.3) is 0 Å². The Balaban J connectivity index is 3.02. The molecule has 0 aliphatic rings. The van der Waals surface area contributed by atoms with E-state index in [2.05, 4.69) is 26.1 Å². The molecule has 0 aliphatic carbocycles. The van der Waals surface area contributed by atoms with Crippen molar-refractivity contribution in [3.63, 3.8) is 0 Å². The van der Waals surface area contributed by atoms with Crippen LogP contribution in [0.4, 0.5) is 0 Å². The summed E-state index contributed by atoms with van der Waals surface area (Å²) in [7, 11) is 0. The molecule has 0 spiro atoms. The molecule has 0 aromatic carbocycles.